The first-order chi connectivity index (χ1) is 11.4. The average Bonchev–Trinajstić information content (AvgIpc) is 2.59. The number of ether oxygens (including phenoxy) is 1. The van der Waals surface area contributed by atoms with E-state index in [-0.39, 0.29) is 11.5 Å². The van der Waals surface area contributed by atoms with E-state index in [1.54, 1.807) is 62.6 Å². The first-order valence-electron chi connectivity index (χ1n) is 7.31. The van der Waals surface area contributed by atoms with E-state index >= 15 is 0 Å². The second-order valence-electron chi connectivity index (χ2n) is 5.38. The summed E-state index contributed by atoms with van der Waals surface area (Å²) in [6.07, 6.45) is 0.443. The molecule has 0 aliphatic carbocycles. The third kappa shape index (κ3) is 4.08. The highest BCUT2D eigenvalue weighted by molar-refractivity contribution is 7.84. The Labute approximate surface area is 143 Å². The standard InChI is InChI=1S/C18H19NO4S/c1-19(2)17(20)16(13-9-5-4-6-10-13)23-18(21)14-11-7-8-12-15(14)24(3)22/h4-12,16H,1-3H3/t16-,24+/m0/s1. The zero-order valence-corrected chi connectivity index (χ0v) is 14.6. The molecule has 0 aromatic heterocycles. The maximum absolute atomic E-state index is 12.6. The third-order valence-electron chi connectivity index (χ3n) is 3.41. The number of esters is 1. The van der Waals surface area contributed by atoms with Crippen LogP contribution in [0.15, 0.2) is 59.5 Å². The number of carbonyl (C=O) groups is 2. The minimum Gasteiger partial charge on any atom is -0.444 e. The Kier molecular flexibility index (Phi) is 5.87. The Bertz CT molecular complexity index is 759. The van der Waals surface area contributed by atoms with Gasteiger partial charge >= 0.3 is 5.97 Å². The molecular weight excluding hydrogens is 326 g/mol. The summed E-state index contributed by atoms with van der Waals surface area (Å²) < 4.78 is 17.3. The normalized spacial score (nSPS) is 13.0. The van der Waals surface area contributed by atoms with Crippen LogP contribution in [0.5, 0.6) is 0 Å². The molecule has 0 fully saturated rings. The molecule has 0 N–H and O–H groups in total. The van der Waals surface area contributed by atoms with Crippen molar-refractivity contribution in [1.82, 2.24) is 4.90 Å². The van der Waals surface area contributed by atoms with Gasteiger partial charge in [0.1, 0.15) is 0 Å². The van der Waals surface area contributed by atoms with Gasteiger partial charge in [0.25, 0.3) is 5.91 Å². The molecule has 0 saturated heterocycles. The van der Waals surface area contributed by atoms with Gasteiger partial charge in [0.15, 0.2) is 0 Å². The molecule has 2 aromatic carbocycles. The molecule has 2 rings (SSSR count). The number of likely N-dealkylation sites (N-methyl/N-ethyl adjacent to an activating group) is 1. The molecule has 2 atom stereocenters. The highest BCUT2D eigenvalue weighted by atomic mass is 32.2. The van der Waals surface area contributed by atoms with Gasteiger partial charge in [-0.25, -0.2) is 4.79 Å². The molecule has 0 saturated carbocycles. The summed E-state index contributed by atoms with van der Waals surface area (Å²) in [6, 6.07) is 15.3. The summed E-state index contributed by atoms with van der Waals surface area (Å²) in [5.41, 5.74) is 0.783. The number of hydrogen-bond donors (Lipinski definition) is 0. The summed E-state index contributed by atoms with van der Waals surface area (Å²) >= 11 is 0. The maximum Gasteiger partial charge on any atom is 0.340 e. The van der Waals surface area contributed by atoms with Gasteiger partial charge in [0, 0.05) is 25.9 Å². The van der Waals surface area contributed by atoms with Gasteiger partial charge in [0.2, 0.25) is 6.10 Å². The Balaban J connectivity index is 2.35. The minimum absolute atomic E-state index is 0.200. The smallest absolute Gasteiger partial charge is 0.340 e. The van der Waals surface area contributed by atoms with Gasteiger partial charge in [0.05, 0.1) is 21.3 Å². The average molecular weight is 345 g/mol. The van der Waals surface area contributed by atoms with Crippen LogP contribution in [-0.4, -0.2) is 41.3 Å². The zero-order chi connectivity index (χ0) is 17.7. The molecule has 6 heteroatoms. The molecule has 24 heavy (non-hydrogen) atoms. The molecule has 0 aliphatic heterocycles. The van der Waals surface area contributed by atoms with Crippen molar-refractivity contribution in [3.05, 3.63) is 65.7 Å². The Morgan fingerprint density at radius 1 is 1.00 bits per heavy atom. The summed E-state index contributed by atoms with van der Waals surface area (Å²) in [7, 11) is 1.86. The lowest BCUT2D eigenvalue weighted by molar-refractivity contribution is -0.138. The fourth-order valence-electron chi connectivity index (χ4n) is 2.18. The molecule has 0 unspecified atom stereocenters. The Hall–Kier alpha value is -2.47. The summed E-state index contributed by atoms with van der Waals surface area (Å²) in [5.74, 6) is -1.02. The van der Waals surface area contributed by atoms with Crippen LogP contribution in [-0.2, 0) is 20.3 Å². The quantitative estimate of drug-likeness (QED) is 0.781. The number of carbonyl (C=O) groups excluding carboxylic acids is 2. The fraction of sp³-hybridized carbons (Fsp3) is 0.222. The first-order valence-corrected chi connectivity index (χ1v) is 8.87. The summed E-state index contributed by atoms with van der Waals surface area (Å²) in [4.78, 5) is 26.7. The van der Waals surface area contributed by atoms with E-state index in [9.17, 15) is 13.8 Å². The number of amides is 1. The fourth-order valence-corrected chi connectivity index (χ4v) is 2.91. The van der Waals surface area contributed by atoms with Gasteiger partial charge < -0.3 is 9.64 Å². The molecule has 0 radical (unpaired) electrons. The van der Waals surface area contributed by atoms with Crippen LogP contribution in [0.2, 0.25) is 0 Å². The lowest BCUT2D eigenvalue weighted by atomic mass is 10.1. The summed E-state index contributed by atoms with van der Waals surface area (Å²) in [6.45, 7) is 0. The first kappa shape index (κ1) is 17.9. The minimum atomic E-state index is -1.34. The van der Waals surface area contributed by atoms with Gasteiger partial charge in [-0.3, -0.25) is 9.00 Å². The van der Waals surface area contributed by atoms with Crippen LogP contribution in [0.4, 0.5) is 0 Å². The number of rotatable bonds is 5. The van der Waals surface area contributed by atoms with Crippen LogP contribution in [0, 0.1) is 0 Å². The molecule has 0 bridgehead atoms. The monoisotopic (exact) mass is 345 g/mol. The van der Waals surface area contributed by atoms with Crippen molar-refractivity contribution in [3.8, 4) is 0 Å². The molecule has 2 aromatic rings. The van der Waals surface area contributed by atoms with Crippen molar-refractivity contribution in [2.45, 2.75) is 11.0 Å². The van der Waals surface area contributed by atoms with E-state index in [1.807, 2.05) is 6.07 Å². The SMILES string of the molecule is CN(C)C(=O)[C@@H](OC(=O)c1ccccc1[S@@](C)=O)c1ccccc1. The van der Waals surface area contributed by atoms with Gasteiger partial charge in [-0.1, -0.05) is 42.5 Å². The van der Waals surface area contributed by atoms with Crippen molar-refractivity contribution in [2.75, 3.05) is 20.4 Å². The Morgan fingerprint density at radius 2 is 1.58 bits per heavy atom. The Morgan fingerprint density at radius 3 is 2.17 bits per heavy atom. The molecule has 5 nitrogen and oxygen atoms in total. The van der Waals surface area contributed by atoms with Crippen LogP contribution in [0.3, 0.4) is 0 Å². The van der Waals surface area contributed by atoms with Gasteiger partial charge in [-0.15, -0.1) is 0 Å². The predicted octanol–water partition coefficient (Wildman–Crippen LogP) is 2.41. The highest BCUT2D eigenvalue weighted by Gasteiger charge is 2.28. The number of hydrogen-bond acceptors (Lipinski definition) is 4. The van der Waals surface area contributed by atoms with Crippen LogP contribution in [0.25, 0.3) is 0 Å². The lowest BCUT2D eigenvalue weighted by Gasteiger charge is -2.21. The number of nitrogens with zero attached hydrogens (tertiary/aromatic N) is 1. The molecular formula is C18H19NO4S. The molecule has 1 amide bonds. The largest absolute Gasteiger partial charge is 0.444 e. The third-order valence-corrected chi connectivity index (χ3v) is 4.38. The molecule has 0 aliphatic rings. The van der Waals surface area contributed by atoms with E-state index in [4.69, 9.17) is 4.74 Å². The summed E-state index contributed by atoms with van der Waals surface area (Å²) in [5, 5.41) is 0. The molecule has 0 heterocycles. The highest BCUT2D eigenvalue weighted by Crippen LogP contribution is 2.23. The van der Waals surface area contributed by atoms with Crippen LogP contribution in [0.1, 0.15) is 22.0 Å². The van der Waals surface area contributed by atoms with E-state index in [0.717, 1.165) is 0 Å². The molecule has 126 valence electrons. The van der Waals surface area contributed by atoms with Crippen molar-refractivity contribution in [3.63, 3.8) is 0 Å². The van der Waals surface area contributed by atoms with Gasteiger partial charge in [-0.2, -0.15) is 0 Å². The zero-order valence-electron chi connectivity index (χ0n) is 13.8. The topological polar surface area (TPSA) is 63.7 Å². The second-order valence-corrected chi connectivity index (χ2v) is 6.73. The van der Waals surface area contributed by atoms with E-state index in [1.165, 1.54) is 11.2 Å². The van der Waals surface area contributed by atoms with Crippen LogP contribution >= 0.6 is 0 Å². The lowest BCUT2D eigenvalue weighted by Crippen LogP contribution is -2.31. The van der Waals surface area contributed by atoms with Crippen molar-refractivity contribution < 1.29 is 18.5 Å². The van der Waals surface area contributed by atoms with Crippen molar-refractivity contribution >= 4 is 22.7 Å². The predicted molar refractivity (Wildman–Crippen MR) is 92.1 cm³/mol. The second kappa shape index (κ2) is 7.88. The van der Waals surface area contributed by atoms with Crippen molar-refractivity contribution in [1.29, 1.82) is 0 Å². The van der Waals surface area contributed by atoms with E-state index < -0.39 is 22.9 Å². The van der Waals surface area contributed by atoms with Crippen molar-refractivity contribution in [2.24, 2.45) is 0 Å². The van der Waals surface area contributed by atoms with Gasteiger partial charge in [-0.05, 0) is 12.1 Å². The maximum atomic E-state index is 12.6. The number of benzene rings is 2. The molecule has 0 spiro atoms. The van der Waals surface area contributed by atoms with Crippen LogP contribution < -0.4 is 0 Å². The van der Waals surface area contributed by atoms with E-state index in [0.29, 0.717) is 10.5 Å². The van der Waals surface area contributed by atoms with E-state index in [2.05, 4.69) is 0 Å².